The minimum atomic E-state index is -0.319. The van der Waals surface area contributed by atoms with Crippen LogP contribution in [0.3, 0.4) is 0 Å². The number of anilines is 3. The molecule has 2 aliphatic rings. The van der Waals surface area contributed by atoms with Gasteiger partial charge < -0.3 is 4.90 Å². The Morgan fingerprint density at radius 3 is 2.81 bits per heavy atom. The Balaban J connectivity index is 1.67. The highest BCUT2D eigenvalue weighted by Gasteiger charge is 2.40. The van der Waals surface area contributed by atoms with Gasteiger partial charge in [0.25, 0.3) is 5.91 Å². The molecule has 1 atom stereocenters. The Bertz CT molecular complexity index is 871. The Kier molecular flexibility index (Phi) is 4.36. The van der Waals surface area contributed by atoms with Gasteiger partial charge in [-0.15, -0.1) is 0 Å². The van der Waals surface area contributed by atoms with Gasteiger partial charge in [-0.25, -0.2) is 19.8 Å². The van der Waals surface area contributed by atoms with Crippen molar-refractivity contribution in [2.24, 2.45) is 0 Å². The molecule has 2 aromatic rings. The van der Waals surface area contributed by atoms with Crippen LogP contribution in [0.1, 0.15) is 16.9 Å². The molecule has 0 unspecified atom stereocenters. The van der Waals surface area contributed by atoms with Crippen LogP contribution in [0.2, 0.25) is 0 Å². The average molecular weight is 367 g/mol. The van der Waals surface area contributed by atoms with Crippen LogP contribution in [0.25, 0.3) is 0 Å². The number of nitrogens with zero attached hydrogens (tertiary/aromatic N) is 5. The van der Waals surface area contributed by atoms with Crippen molar-refractivity contribution in [3.8, 4) is 0 Å². The summed E-state index contributed by atoms with van der Waals surface area (Å²) < 4.78 is 0. The van der Waals surface area contributed by atoms with E-state index in [4.69, 9.17) is 0 Å². The summed E-state index contributed by atoms with van der Waals surface area (Å²) in [5.41, 5.74) is 3.80. The van der Waals surface area contributed by atoms with Gasteiger partial charge in [0, 0.05) is 33.4 Å². The fourth-order valence-corrected chi connectivity index (χ4v) is 3.46. The fraction of sp³-hybridized carbons (Fsp3) is 0.333. The number of hydrogen-bond donors (Lipinski definition) is 2. The summed E-state index contributed by atoms with van der Waals surface area (Å²) in [5, 5.41) is 4.38. The predicted molar refractivity (Wildman–Crippen MR) is 102 cm³/mol. The molecule has 2 bridgehead atoms. The van der Waals surface area contributed by atoms with E-state index in [1.54, 1.807) is 48.4 Å². The summed E-state index contributed by atoms with van der Waals surface area (Å²) in [7, 11) is 3.46. The Morgan fingerprint density at radius 2 is 2.07 bits per heavy atom. The predicted octanol–water partition coefficient (Wildman–Crippen LogP) is 1.31. The Morgan fingerprint density at radius 1 is 1.22 bits per heavy atom. The summed E-state index contributed by atoms with van der Waals surface area (Å²) in [6.45, 7) is 1.61. The van der Waals surface area contributed by atoms with Crippen LogP contribution in [0.5, 0.6) is 0 Å². The van der Waals surface area contributed by atoms with Crippen molar-refractivity contribution in [1.82, 2.24) is 20.4 Å². The lowest BCUT2D eigenvalue weighted by Crippen LogP contribution is -2.48. The highest BCUT2D eigenvalue weighted by molar-refractivity contribution is 6.04. The molecule has 1 fully saturated rings. The summed E-state index contributed by atoms with van der Waals surface area (Å²) in [5.74, 6) is 0.662. The SMILES string of the molecule is CN(C)NC(=O)c1ccc2c(n1)N(C(=O)Nc1ccccn1)[C@H]1CCN2C1. The molecule has 140 valence electrons. The van der Waals surface area contributed by atoms with E-state index in [1.807, 2.05) is 12.1 Å². The molecule has 9 heteroatoms. The molecule has 27 heavy (non-hydrogen) atoms. The lowest BCUT2D eigenvalue weighted by molar-refractivity contribution is 0.0851. The zero-order valence-electron chi connectivity index (χ0n) is 15.2. The number of carbonyl (C=O) groups excluding carboxylic acids is 2. The van der Waals surface area contributed by atoms with Crippen LogP contribution < -0.4 is 20.5 Å². The van der Waals surface area contributed by atoms with Gasteiger partial charge in [-0.1, -0.05) is 6.07 Å². The number of aromatic nitrogens is 2. The maximum atomic E-state index is 13.0. The second-order valence-electron chi connectivity index (χ2n) is 6.78. The van der Waals surface area contributed by atoms with E-state index >= 15 is 0 Å². The second-order valence-corrected chi connectivity index (χ2v) is 6.78. The molecule has 1 saturated heterocycles. The number of pyridine rings is 2. The molecule has 9 nitrogen and oxygen atoms in total. The van der Waals surface area contributed by atoms with Gasteiger partial charge in [0.05, 0.1) is 11.7 Å². The average Bonchev–Trinajstić information content (AvgIpc) is 3.06. The van der Waals surface area contributed by atoms with Crippen molar-refractivity contribution < 1.29 is 9.59 Å². The smallest absolute Gasteiger partial charge is 0.329 e. The maximum Gasteiger partial charge on any atom is 0.329 e. The van der Waals surface area contributed by atoms with Crippen molar-refractivity contribution >= 4 is 29.3 Å². The van der Waals surface area contributed by atoms with Gasteiger partial charge in [0.15, 0.2) is 5.82 Å². The van der Waals surface area contributed by atoms with Crippen LogP contribution in [0, 0.1) is 0 Å². The molecule has 0 radical (unpaired) electrons. The van der Waals surface area contributed by atoms with Gasteiger partial charge in [-0.3, -0.25) is 20.4 Å². The van der Waals surface area contributed by atoms with Crippen molar-refractivity contribution in [1.29, 1.82) is 0 Å². The zero-order chi connectivity index (χ0) is 19.0. The van der Waals surface area contributed by atoms with E-state index in [-0.39, 0.29) is 23.7 Å². The topological polar surface area (TPSA) is 93.7 Å². The molecule has 3 amide bonds. The van der Waals surface area contributed by atoms with E-state index < -0.39 is 0 Å². The van der Waals surface area contributed by atoms with Crippen LogP contribution in [0.4, 0.5) is 22.1 Å². The van der Waals surface area contributed by atoms with Crippen LogP contribution in [0.15, 0.2) is 36.5 Å². The first-order valence-electron chi connectivity index (χ1n) is 8.78. The van der Waals surface area contributed by atoms with Gasteiger partial charge in [0.1, 0.15) is 11.5 Å². The number of carbonyl (C=O) groups is 2. The van der Waals surface area contributed by atoms with Gasteiger partial charge in [0.2, 0.25) is 0 Å². The molecular weight excluding hydrogens is 346 g/mol. The standard InChI is InChI=1S/C18H21N7O2/c1-23(2)22-17(26)13-6-7-14-16(20-13)25(12-8-10-24(14)11-12)18(27)21-15-5-3-4-9-19-15/h3-7,9,12H,8,10-11H2,1-2H3,(H,22,26)(H,19,21,27)/t12-/m0/s1. The quantitative estimate of drug-likeness (QED) is 0.795. The Hall–Kier alpha value is -3.20. The number of nitrogens with one attached hydrogen (secondary N) is 2. The third-order valence-corrected chi connectivity index (χ3v) is 4.63. The van der Waals surface area contributed by atoms with Crippen LogP contribution >= 0.6 is 0 Å². The van der Waals surface area contributed by atoms with Gasteiger partial charge in [-0.2, -0.15) is 0 Å². The molecule has 0 aromatic carbocycles. The summed E-state index contributed by atoms with van der Waals surface area (Å²) >= 11 is 0. The minimum Gasteiger partial charge on any atom is -0.366 e. The number of rotatable bonds is 3. The number of fused-ring (bicyclic) bond motifs is 4. The molecule has 4 heterocycles. The number of hydrogen-bond acceptors (Lipinski definition) is 6. The fourth-order valence-electron chi connectivity index (χ4n) is 3.46. The normalized spacial score (nSPS) is 17.7. The van der Waals surface area contributed by atoms with Crippen molar-refractivity contribution in [2.75, 3.05) is 42.3 Å². The second kappa shape index (κ2) is 6.84. The summed E-state index contributed by atoms with van der Waals surface area (Å²) in [6, 6.07) is 8.60. The summed E-state index contributed by atoms with van der Waals surface area (Å²) in [4.78, 5) is 37.8. The third-order valence-electron chi connectivity index (χ3n) is 4.63. The lowest BCUT2D eigenvalue weighted by Gasteiger charge is -2.35. The van der Waals surface area contributed by atoms with Crippen molar-refractivity contribution in [3.63, 3.8) is 0 Å². The monoisotopic (exact) mass is 367 g/mol. The van der Waals surface area contributed by atoms with E-state index in [1.165, 1.54) is 0 Å². The first kappa shape index (κ1) is 17.2. The van der Waals surface area contributed by atoms with E-state index in [0.29, 0.717) is 11.6 Å². The highest BCUT2D eigenvalue weighted by Crippen LogP contribution is 2.39. The van der Waals surface area contributed by atoms with Crippen LogP contribution in [-0.4, -0.2) is 60.1 Å². The van der Waals surface area contributed by atoms with Crippen molar-refractivity contribution in [3.05, 3.63) is 42.2 Å². The summed E-state index contributed by atoms with van der Waals surface area (Å²) in [6.07, 6.45) is 2.48. The van der Waals surface area contributed by atoms with Crippen molar-refractivity contribution in [2.45, 2.75) is 12.5 Å². The van der Waals surface area contributed by atoms with Crippen LogP contribution in [-0.2, 0) is 0 Å². The maximum absolute atomic E-state index is 13.0. The van der Waals surface area contributed by atoms with Gasteiger partial charge >= 0.3 is 6.03 Å². The zero-order valence-corrected chi connectivity index (χ0v) is 15.2. The molecule has 4 rings (SSSR count). The third kappa shape index (κ3) is 3.28. The molecule has 0 saturated carbocycles. The first-order chi connectivity index (χ1) is 13.0. The van der Waals surface area contributed by atoms with E-state index in [9.17, 15) is 9.59 Å². The highest BCUT2D eigenvalue weighted by atomic mass is 16.2. The largest absolute Gasteiger partial charge is 0.366 e. The molecule has 0 aliphatic carbocycles. The molecule has 0 spiro atoms. The number of hydrazine groups is 1. The molecule has 2 aromatic heterocycles. The molecule has 2 aliphatic heterocycles. The molecule has 2 N–H and O–H groups in total. The van der Waals surface area contributed by atoms with Gasteiger partial charge in [-0.05, 0) is 30.7 Å². The lowest BCUT2D eigenvalue weighted by atomic mass is 10.1. The van der Waals surface area contributed by atoms with E-state index in [0.717, 1.165) is 25.2 Å². The number of amides is 3. The first-order valence-corrected chi connectivity index (χ1v) is 8.78. The van der Waals surface area contributed by atoms with E-state index in [2.05, 4.69) is 25.6 Å². The Labute approximate surface area is 157 Å². The number of urea groups is 1. The minimum absolute atomic E-state index is 0.0147. The molecular formula is C18H21N7O2.